The van der Waals surface area contributed by atoms with Crippen LogP contribution >= 0.6 is 0 Å². The number of ether oxygens (including phenoxy) is 1. The van der Waals surface area contributed by atoms with E-state index in [1.165, 1.54) is 0 Å². The molecule has 0 saturated heterocycles. The van der Waals surface area contributed by atoms with Crippen LogP contribution in [-0.4, -0.2) is 32.5 Å². The van der Waals surface area contributed by atoms with E-state index in [9.17, 15) is 4.79 Å². The minimum Gasteiger partial charge on any atom is -0.494 e. The molecule has 0 fully saturated rings. The predicted molar refractivity (Wildman–Crippen MR) is 101 cm³/mol. The Hall–Kier alpha value is -3.16. The lowest BCUT2D eigenvalue weighted by molar-refractivity contribution is 0.102. The number of nitrogens with one attached hydrogen (secondary N) is 1. The number of carbonyl (C=O) groups is 1. The van der Waals surface area contributed by atoms with Crippen molar-refractivity contribution in [3.63, 3.8) is 0 Å². The van der Waals surface area contributed by atoms with Gasteiger partial charge < -0.3 is 9.15 Å². The maximum atomic E-state index is 12.4. The number of amides is 1. The lowest BCUT2D eigenvalue weighted by atomic mass is 10.2. The highest BCUT2D eigenvalue weighted by Gasteiger charge is 2.17. The van der Waals surface area contributed by atoms with Gasteiger partial charge in [0, 0.05) is 17.8 Å². The average Bonchev–Trinajstić information content (AvgIpc) is 3.31. The summed E-state index contributed by atoms with van der Waals surface area (Å²) in [6, 6.07) is 8.91. The van der Waals surface area contributed by atoms with Crippen molar-refractivity contribution < 1.29 is 13.9 Å². The van der Waals surface area contributed by atoms with Gasteiger partial charge in [0.15, 0.2) is 0 Å². The summed E-state index contributed by atoms with van der Waals surface area (Å²) in [5.74, 6) is 0.709. The Morgan fingerprint density at radius 3 is 2.70 bits per heavy atom. The van der Waals surface area contributed by atoms with Crippen molar-refractivity contribution in [1.29, 1.82) is 0 Å². The highest BCUT2D eigenvalue weighted by atomic mass is 16.5. The van der Waals surface area contributed by atoms with Gasteiger partial charge in [0.2, 0.25) is 0 Å². The molecule has 3 aromatic rings. The molecule has 2 aromatic heterocycles. The van der Waals surface area contributed by atoms with Crippen molar-refractivity contribution in [3.05, 3.63) is 42.1 Å². The molecule has 0 radical (unpaired) electrons. The number of anilines is 1. The summed E-state index contributed by atoms with van der Waals surface area (Å²) in [7, 11) is 0. The first kappa shape index (κ1) is 18.6. The molecule has 142 valence electrons. The van der Waals surface area contributed by atoms with E-state index in [2.05, 4.69) is 27.5 Å². The first-order valence-electron chi connectivity index (χ1n) is 9.00. The molecular formula is C19H23N5O3. The molecule has 3 rings (SSSR count). The summed E-state index contributed by atoms with van der Waals surface area (Å²) < 4.78 is 12.9. The number of nitrogens with zero attached hydrogens (tertiary/aromatic N) is 4. The third-order valence-electron chi connectivity index (χ3n) is 3.91. The highest BCUT2D eigenvalue weighted by Crippen LogP contribution is 2.22. The van der Waals surface area contributed by atoms with Crippen LogP contribution in [0, 0.1) is 0 Å². The zero-order valence-electron chi connectivity index (χ0n) is 15.7. The van der Waals surface area contributed by atoms with Gasteiger partial charge in [-0.2, -0.15) is 5.10 Å². The van der Waals surface area contributed by atoms with Gasteiger partial charge in [-0.25, -0.2) is 0 Å². The second kappa shape index (κ2) is 8.48. The molecule has 0 unspecified atom stereocenters. The summed E-state index contributed by atoms with van der Waals surface area (Å²) in [6.45, 7) is 6.78. The summed E-state index contributed by atoms with van der Waals surface area (Å²) in [6.07, 6.45) is 3.74. The first-order valence-corrected chi connectivity index (χ1v) is 9.00. The van der Waals surface area contributed by atoms with Crippen molar-refractivity contribution in [2.75, 3.05) is 11.9 Å². The molecule has 1 amide bonds. The summed E-state index contributed by atoms with van der Waals surface area (Å²) in [5.41, 5.74) is 1.18. The number of hydrogen-bond acceptors (Lipinski definition) is 6. The molecular weight excluding hydrogens is 346 g/mol. The van der Waals surface area contributed by atoms with Gasteiger partial charge in [-0.1, -0.05) is 18.4 Å². The first-order chi connectivity index (χ1) is 13.1. The highest BCUT2D eigenvalue weighted by molar-refractivity contribution is 6.03. The van der Waals surface area contributed by atoms with Gasteiger partial charge in [0.25, 0.3) is 11.8 Å². The Morgan fingerprint density at radius 2 is 2.00 bits per heavy atom. The van der Waals surface area contributed by atoms with E-state index in [1.54, 1.807) is 41.2 Å². The third kappa shape index (κ3) is 4.52. The largest absolute Gasteiger partial charge is 0.494 e. The molecule has 8 heteroatoms. The molecule has 8 nitrogen and oxygen atoms in total. The van der Waals surface area contributed by atoms with Gasteiger partial charge in [-0.05, 0) is 50.6 Å². The van der Waals surface area contributed by atoms with E-state index in [4.69, 9.17) is 9.15 Å². The Labute approximate surface area is 157 Å². The van der Waals surface area contributed by atoms with Crippen LogP contribution in [0.25, 0.3) is 11.6 Å². The number of aromatic nitrogens is 4. The zero-order valence-corrected chi connectivity index (χ0v) is 15.7. The van der Waals surface area contributed by atoms with Gasteiger partial charge in [0.1, 0.15) is 11.4 Å². The van der Waals surface area contributed by atoms with E-state index in [0.29, 0.717) is 23.8 Å². The average molecular weight is 369 g/mol. The number of hydrogen-bond donors (Lipinski definition) is 1. The molecule has 27 heavy (non-hydrogen) atoms. The van der Waals surface area contributed by atoms with E-state index < -0.39 is 0 Å². The predicted octanol–water partition coefficient (Wildman–Crippen LogP) is 3.95. The SMILES string of the molecule is CCCCOc1ccc(C(=O)Nc2nnc(-c3ccnn3C(C)C)o2)cc1. The molecule has 0 aliphatic heterocycles. The number of carbonyl (C=O) groups excluding carboxylic acids is 1. The van der Waals surface area contributed by atoms with E-state index in [1.807, 2.05) is 13.8 Å². The van der Waals surface area contributed by atoms with Crippen LogP contribution in [0.2, 0.25) is 0 Å². The van der Waals surface area contributed by atoms with Crippen LogP contribution in [-0.2, 0) is 0 Å². The van der Waals surface area contributed by atoms with Gasteiger partial charge >= 0.3 is 6.01 Å². The fourth-order valence-corrected chi connectivity index (χ4v) is 2.48. The number of benzene rings is 1. The minimum atomic E-state index is -0.331. The normalized spacial score (nSPS) is 11.0. The Morgan fingerprint density at radius 1 is 1.22 bits per heavy atom. The third-order valence-corrected chi connectivity index (χ3v) is 3.91. The Balaban J connectivity index is 1.65. The molecule has 0 aliphatic carbocycles. The van der Waals surface area contributed by atoms with Gasteiger partial charge in [0.05, 0.1) is 6.61 Å². The minimum absolute atomic E-state index is 0.0368. The molecule has 0 bridgehead atoms. The van der Waals surface area contributed by atoms with Crippen LogP contribution in [0.15, 0.2) is 40.9 Å². The van der Waals surface area contributed by atoms with Gasteiger partial charge in [-0.15, -0.1) is 5.10 Å². The topological polar surface area (TPSA) is 95.1 Å². The molecule has 0 aliphatic rings. The van der Waals surface area contributed by atoms with Crippen molar-refractivity contribution in [2.45, 2.75) is 39.7 Å². The number of unbranched alkanes of at least 4 members (excludes halogenated alkanes) is 1. The summed E-state index contributed by atoms with van der Waals surface area (Å²) in [5, 5.41) is 14.7. The fourth-order valence-electron chi connectivity index (χ4n) is 2.48. The molecule has 0 saturated carbocycles. The molecule has 2 heterocycles. The van der Waals surface area contributed by atoms with Crippen LogP contribution < -0.4 is 10.1 Å². The monoisotopic (exact) mass is 369 g/mol. The Bertz CT molecular complexity index is 883. The van der Waals surface area contributed by atoms with Crippen molar-refractivity contribution in [1.82, 2.24) is 20.0 Å². The fraction of sp³-hybridized carbons (Fsp3) is 0.368. The van der Waals surface area contributed by atoms with E-state index >= 15 is 0 Å². The van der Waals surface area contributed by atoms with Crippen LogP contribution in [0.1, 0.15) is 50.0 Å². The smallest absolute Gasteiger partial charge is 0.322 e. The molecule has 1 N–H and O–H groups in total. The van der Waals surface area contributed by atoms with Crippen molar-refractivity contribution >= 4 is 11.9 Å². The quantitative estimate of drug-likeness (QED) is 0.604. The standard InChI is InChI=1S/C19H23N5O3/c1-4-5-12-26-15-8-6-14(7-9-15)17(25)21-19-23-22-18(27-19)16-10-11-20-24(16)13(2)3/h6-11,13H,4-5,12H2,1-3H3,(H,21,23,25). The second-order valence-corrected chi connectivity index (χ2v) is 6.35. The maximum absolute atomic E-state index is 12.4. The van der Waals surface area contributed by atoms with Gasteiger partial charge in [-0.3, -0.25) is 14.8 Å². The maximum Gasteiger partial charge on any atom is 0.322 e. The van der Waals surface area contributed by atoms with Crippen molar-refractivity contribution in [2.24, 2.45) is 0 Å². The lowest BCUT2D eigenvalue weighted by Gasteiger charge is -2.07. The van der Waals surface area contributed by atoms with Crippen molar-refractivity contribution in [3.8, 4) is 17.3 Å². The van der Waals surface area contributed by atoms with E-state index in [-0.39, 0.29) is 18.0 Å². The van der Waals surface area contributed by atoms with E-state index in [0.717, 1.165) is 18.6 Å². The molecule has 0 spiro atoms. The summed E-state index contributed by atoms with van der Waals surface area (Å²) >= 11 is 0. The second-order valence-electron chi connectivity index (χ2n) is 6.35. The number of rotatable bonds is 8. The van der Waals surface area contributed by atoms with Crippen LogP contribution in [0.3, 0.4) is 0 Å². The molecule has 1 aromatic carbocycles. The zero-order chi connectivity index (χ0) is 19.2. The summed E-state index contributed by atoms with van der Waals surface area (Å²) in [4.78, 5) is 12.4. The Kier molecular flexibility index (Phi) is 5.85. The lowest BCUT2D eigenvalue weighted by Crippen LogP contribution is -2.12. The van der Waals surface area contributed by atoms with Crippen LogP contribution in [0.4, 0.5) is 6.01 Å². The van der Waals surface area contributed by atoms with Crippen LogP contribution in [0.5, 0.6) is 5.75 Å². The molecule has 0 atom stereocenters.